The molecule has 0 radical (unpaired) electrons. The lowest BCUT2D eigenvalue weighted by Crippen LogP contribution is -2.32. The Morgan fingerprint density at radius 3 is 3.00 bits per heavy atom. The quantitative estimate of drug-likeness (QED) is 0.851. The van der Waals surface area contributed by atoms with Crippen LogP contribution in [-0.2, 0) is 6.54 Å². The fraction of sp³-hybridized carbons (Fsp3) is 0.714. The van der Waals surface area contributed by atoms with Gasteiger partial charge in [-0.2, -0.15) is 0 Å². The van der Waals surface area contributed by atoms with Crippen molar-refractivity contribution >= 4 is 0 Å². The summed E-state index contributed by atoms with van der Waals surface area (Å²) in [4.78, 5) is 2.35. The lowest BCUT2D eigenvalue weighted by molar-refractivity contribution is 0.251. The number of piperidine rings is 1. The molecule has 0 saturated carbocycles. The van der Waals surface area contributed by atoms with Crippen molar-refractivity contribution in [3.05, 3.63) is 23.7 Å². The molecule has 1 aromatic heterocycles. The maximum atomic E-state index is 5.59. The van der Waals surface area contributed by atoms with Gasteiger partial charge in [-0.25, -0.2) is 0 Å². The Balaban J connectivity index is 1.68. The first kappa shape index (κ1) is 12.7. The molecule has 1 aromatic rings. The molecule has 1 saturated heterocycles. The van der Waals surface area contributed by atoms with Gasteiger partial charge in [0.1, 0.15) is 11.5 Å². The summed E-state index contributed by atoms with van der Waals surface area (Å²) >= 11 is 0. The van der Waals surface area contributed by atoms with Crippen LogP contribution in [0.15, 0.2) is 16.5 Å². The van der Waals surface area contributed by atoms with Crippen LogP contribution in [0.4, 0.5) is 0 Å². The third-order valence-electron chi connectivity index (χ3n) is 3.54. The van der Waals surface area contributed by atoms with E-state index in [0.717, 1.165) is 30.5 Å². The van der Waals surface area contributed by atoms with E-state index in [4.69, 9.17) is 4.42 Å². The SMILES string of the molecule is Cc1ccc(CN(C)CCC2CCCNC2)o1. The fourth-order valence-corrected chi connectivity index (χ4v) is 2.49. The average molecular weight is 236 g/mol. The van der Waals surface area contributed by atoms with Crippen molar-refractivity contribution in [2.75, 3.05) is 26.7 Å². The molecule has 17 heavy (non-hydrogen) atoms. The lowest BCUT2D eigenvalue weighted by Gasteiger charge is -2.25. The van der Waals surface area contributed by atoms with Crippen LogP contribution in [0.2, 0.25) is 0 Å². The Kier molecular flexibility index (Phi) is 4.63. The van der Waals surface area contributed by atoms with Crippen LogP contribution < -0.4 is 5.32 Å². The van der Waals surface area contributed by atoms with E-state index in [1.165, 1.54) is 32.4 Å². The summed E-state index contributed by atoms with van der Waals surface area (Å²) in [6.45, 7) is 6.49. The summed E-state index contributed by atoms with van der Waals surface area (Å²) in [7, 11) is 2.17. The van der Waals surface area contributed by atoms with E-state index >= 15 is 0 Å². The summed E-state index contributed by atoms with van der Waals surface area (Å²) in [6, 6.07) is 4.11. The van der Waals surface area contributed by atoms with Gasteiger partial charge in [0.05, 0.1) is 6.54 Å². The molecule has 0 bridgehead atoms. The van der Waals surface area contributed by atoms with Crippen LogP contribution in [0.1, 0.15) is 30.8 Å². The van der Waals surface area contributed by atoms with E-state index in [1.54, 1.807) is 0 Å². The predicted octanol–water partition coefficient (Wildman–Crippen LogP) is 2.41. The second-order valence-electron chi connectivity index (χ2n) is 5.25. The highest BCUT2D eigenvalue weighted by atomic mass is 16.3. The smallest absolute Gasteiger partial charge is 0.118 e. The fourth-order valence-electron chi connectivity index (χ4n) is 2.49. The predicted molar refractivity (Wildman–Crippen MR) is 70.0 cm³/mol. The van der Waals surface area contributed by atoms with Gasteiger partial charge in [-0.3, -0.25) is 4.90 Å². The number of furan rings is 1. The summed E-state index contributed by atoms with van der Waals surface area (Å²) in [5, 5.41) is 3.47. The summed E-state index contributed by atoms with van der Waals surface area (Å²) < 4.78 is 5.59. The Morgan fingerprint density at radius 2 is 2.35 bits per heavy atom. The molecule has 1 aliphatic heterocycles. The minimum absolute atomic E-state index is 0.865. The van der Waals surface area contributed by atoms with E-state index in [0.29, 0.717) is 0 Å². The number of nitrogens with one attached hydrogen (secondary N) is 1. The van der Waals surface area contributed by atoms with Crippen molar-refractivity contribution in [1.29, 1.82) is 0 Å². The average Bonchev–Trinajstić information content (AvgIpc) is 2.73. The highest BCUT2D eigenvalue weighted by molar-refractivity contribution is 5.05. The molecule has 0 spiro atoms. The van der Waals surface area contributed by atoms with Crippen molar-refractivity contribution < 1.29 is 4.42 Å². The highest BCUT2D eigenvalue weighted by Crippen LogP contribution is 2.15. The zero-order valence-electron chi connectivity index (χ0n) is 11.0. The molecular weight excluding hydrogens is 212 g/mol. The van der Waals surface area contributed by atoms with Crippen LogP contribution in [-0.4, -0.2) is 31.6 Å². The summed E-state index contributed by atoms with van der Waals surface area (Å²) in [5.41, 5.74) is 0. The normalized spacial score (nSPS) is 21.0. The van der Waals surface area contributed by atoms with Crippen LogP contribution in [0.5, 0.6) is 0 Å². The molecule has 2 heterocycles. The largest absolute Gasteiger partial charge is 0.465 e. The maximum Gasteiger partial charge on any atom is 0.118 e. The van der Waals surface area contributed by atoms with Crippen LogP contribution in [0.3, 0.4) is 0 Å². The van der Waals surface area contributed by atoms with Crippen molar-refractivity contribution in [2.45, 2.75) is 32.7 Å². The second-order valence-corrected chi connectivity index (χ2v) is 5.25. The van der Waals surface area contributed by atoms with Gasteiger partial charge in [-0.1, -0.05) is 0 Å². The molecule has 0 aliphatic carbocycles. The number of hydrogen-bond acceptors (Lipinski definition) is 3. The van der Waals surface area contributed by atoms with Gasteiger partial charge in [0.15, 0.2) is 0 Å². The summed E-state index contributed by atoms with van der Waals surface area (Å²) in [6.07, 6.45) is 4.02. The minimum atomic E-state index is 0.865. The third kappa shape index (κ3) is 4.17. The number of aryl methyl sites for hydroxylation is 1. The van der Waals surface area contributed by atoms with Crippen molar-refractivity contribution in [3.8, 4) is 0 Å². The van der Waals surface area contributed by atoms with Gasteiger partial charge < -0.3 is 9.73 Å². The number of nitrogens with zero attached hydrogens (tertiary/aromatic N) is 1. The monoisotopic (exact) mass is 236 g/mol. The highest BCUT2D eigenvalue weighted by Gasteiger charge is 2.13. The van der Waals surface area contributed by atoms with Gasteiger partial charge in [-0.15, -0.1) is 0 Å². The van der Waals surface area contributed by atoms with Crippen molar-refractivity contribution in [2.24, 2.45) is 5.92 Å². The molecule has 0 amide bonds. The zero-order valence-corrected chi connectivity index (χ0v) is 11.0. The number of hydrogen-bond donors (Lipinski definition) is 1. The molecule has 3 heteroatoms. The van der Waals surface area contributed by atoms with E-state index in [2.05, 4.69) is 23.3 Å². The van der Waals surface area contributed by atoms with E-state index in [-0.39, 0.29) is 0 Å². The molecule has 1 aliphatic rings. The molecule has 2 rings (SSSR count). The first-order valence-corrected chi connectivity index (χ1v) is 6.68. The van der Waals surface area contributed by atoms with Crippen molar-refractivity contribution in [1.82, 2.24) is 10.2 Å². The van der Waals surface area contributed by atoms with Gasteiger partial charge in [0.2, 0.25) is 0 Å². The molecule has 3 nitrogen and oxygen atoms in total. The Labute approximate surface area is 104 Å². The first-order chi connectivity index (χ1) is 8.24. The van der Waals surface area contributed by atoms with Gasteiger partial charge in [0.25, 0.3) is 0 Å². The van der Waals surface area contributed by atoms with Crippen LogP contribution >= 0.6 is 0 Å². The van der Waals surface area contributed by atoms with E-state index in [1.807, 2.05) is 13.0 Å². The van der Waals surface area contributed by atoms with E-state index in [9.17, 15) is 0 Å². The molecule has 1 atom stereocenters. The van der Waals surface area contributed by atoms with Gasteiger partial charge >= 0.3 is 0 Å². The van der Waals surface area contributed by atoms with Crippen molar-refractivity contribution in [3.63, 3.8) is 0 Å². The standard InChI is InChI=1S/C14H24N2O/c1-12-5-6-14(17-12)11-16(2)9-7-13-4-3-8-15-10-13/h5-6,13,15H,3-4,7-11H2,1-2H3. The molecule has 0 aromatic carbocycles. The van der Waals surface area contributed by atoms with E-state index < -0.39 is 0 Å². The van der Waals surface area contributed by atoms with Crippen LogP contribution in [0.25, 0.3) is 0 Å². The minimum Gasteiger partial charge on any atom is -0.465 e. The zero-order chi connectivity index (χ0) is 12.1. The number of rotatable bonds is 5. The first-order valence-electron chi connectivity index (χ1n) is 6.68. The molecule has 1 unspecified atom stereocenters. The third-order valence-corrected chi connectivity index (χ3v) is 3.54. The molecule has 1 N–H and O–H groups in total. The van der Waals surface area contributed by atoms with Crippen LogP contribution in [0, 0.1) is 12.8 Å². The summed E-state index contributed by atoms with van der Waals surface area (Å²) in [5.74, 6) is 2.95. The van der Waals surface area contributed by atoms with Gasteiger partial charge in [0, 0.05) is 0 Å². The lowest BCUT2D eigenvalue weighted by atomic mass is 9.96. The Hall–Kier alpha value is -0.800. The molecule has 96 valence electrons. The van der Waals surface area contributed by atoms with Gasteiger partial charge in [-0.05, 0) is 70.9 Å². The second kappa shape index (κ2) is 6.22. The topological polar surface area (TPSA) is 28.4 Å². The Bertz CT molecular complexity index is 329. The maximum absolute atomic E-state index is 5.59. The molecule has 1 fully saturated rings. The Morgan fingerprint density at radius 1 is 1.47 bits per heavy atom. The molecular formula is C14H24N2O.